The summed E-state index contributed by atoms with van der Waals surface area (Å²) in [6.07, 6.45) is 0. The highest BCUT2D eigenvalue weighted by atomic mass is 16.3. The number of nitrogens with zero attached hydrogens (tertiary/aromatic N) is 1. The molecule has 1 fully saturated rings. The first kappa shape index (κ1) is 9.98. The molecule has 15 heavy (non-hydrogen) atoms. The summed E-state index contributed by atoms with van der Waals surface area (Å²) in [6.45, 7) is 2.63. The average molecular weight is 206 g/mol. The van der Waals surface area contributed by atoms with E-state index in [1.807, 2.05) is 12.1 Å². The van der Waals surface area contributed by atoms with Crippen molar-refractivity contribution in [3.63, 3.8) is 0 Å². The maximum atomic E-state index is 11.3. The molecule has 1 aliphatic rings. The molecule has 0 unspecified atom stereocenters. The molecule has 0 bridgehead atoms. The highest BCUT2D eigenvalue weighted by molar-refractivity contribution is 5.80. The fraction of sp³-hybridized carbons (Fsp3) is 0.364. The summed E-state index contributed by atoms with van der Waals surface area (Å²) in [5.41, 5.74) is 0.816. The van der Waals surface area contributed by atoms with E-state index in [1.54, 1.807) is 17.0 Å². The number of para-hydroxylation sites is 1. The van der Waals surface area contributed by atoms with Crippen LogP contribution in [0.2, 0.25) is 0 Å². The number of aromatic hydroxyl groups is 1. The molecule has 80 valence electrons. The summed E-state index contributed by atoms with van der Waals surface area (Å²) < 4.78 is 0. The van der Waals surface area contributed by atoms with Crippen LogP contribution in [0.15, 0.2) is 24.3 Å². The third-order valence-corrected chi connectivity index (χ3v) is 2.38. The summed E-state index contributed by atoms with van der Waals surface area (Å²) in [7, 11) is 0. The van der Waals surface area contributed by atoms with Crippen LogP contribution in [0.3, 0.4) is 0 Å². The first-order chi connectivity index (χ1) is 7.27. The molecule has 1 heterocycles. The number of carbonyl (C=O) groups excluding carboxylic acids is 1. The highest BCUT2D eigenvalue weighted by Crippen LogP contribution is 2.14. The topological polar surface area (TPSA) is 52.3 Å². The van der Waals surface area contributed by atoms with Crippen molar-refractivity contribution in [3.05, 3.63) is 29.8 Å². The van der Waals surface area contributed by atoms with E-state index < -0.39 is 0 Å². The zero-order valence-corrected chi connectivity index (χ0v) is 8.44. The van der Waals surface area contributed by atoms with Gasteiger partial charge >= 0.3 is 0 Å². The third-order valence-electron chi connectivity index (χ3n) is 2.38. The molecule has 4 nitrogen and oxygen atoms in total. The molecule has 2 N–H and O–H groups in total. The zero-order chi connectivity index (χ0) is 10.7. The first-order valence-electron chi connectivity index (χ1n) is 5.03. The Morgan fingerprint density at radius 2 is 2.13 bits per heavy atom. The van der Waals surface area contributed by atoms with Crippen molar-refractivity contribution in [1.29, 1.82) is 0 Å². The van der Waals surface area contributed by atoms with Crippen LogP contribution < -0.4 is 5.32 Å². The van der Waals surface area contributed by atoms with Crippen LogP contribution in [0, 0.1) is 0 Å². The number of benzene rings is 1. The molecule has 1 aromatic carbocycles. The Morgan fingerprint density at radius 3 is 2.80 bits per heavy atom. The standard InChI is InChI=1S/C11H14N2O2/c14-10-4-2-1-3-9(10)7-12-8-11(15)13-5-6-13/h1-4,12,14H,5-8H2. The Kier molecular flexibility index (Phi) is 2.87. The number of nitrogens with one attached hydrogen (secondary N) is 1. The SMILES string of the molecule is O=C(CNCc1ccccc1O)N1CC1. The predicted molar refractivity (Wildman–Crippen MR) is 56.4 cm³/mol. The Hall–Kier alpha value is -1.55. The lowest BCUT2D eigenvalue weighted by Gasteiger charge is -2.06. The minimum absolute atomic E-state index is 0.130. The van der Waals surface area contributed by atoms with E-state index in [2.05, 4.69) is 5.32 Å². The molecule has 1 saturated heterocycles. The van der Waals surface area contributed by atoms with Crippen LogP contribution in [-0.4, -0.2) is 35.5 Å². The van der Waals surface area contributed by atoms with Crippen LogP contribution in [0.5, 0.6) is 5.75 Å². The molecule has 0 radical (unpaired) electrons. The van der Waals surface area contributed by atoms with Gasteiger partial charge in [0, 0.05) is 25.2 Å². The van der Waals surface area contributed by atoms with Crippen molar-refractivity contribution < 1.29 is 9.90 Å². The number of carbonyl (C=O) groups is 1. The fourth-order valence-electron chi connectivity index (χ4n) is 1.38. The van der Waals surface area contributed by atoms with Gasteiger partial charge in [-0.1, -0.05) is 18.2 Å². The first-order valence-corrected chi connectivity index (χ1v) is 5.03. The highest BCUT2D eigenvalue weighted by Gasteiger charge is 2.22. The lowest BCUT2D eigenvalue weighted by atomic mass is 10.2. The van der Waals surface area contributed by atoms with Crippen LogP contribution >= 0.6 is 0 Å². The molecule has 1 aromatic rings. The Balaban J connectivity index is 1.78. The summed E-state index contributed by atoms with van der Waals surface area (Å²) in [5, 5.41) is 12.5. The Labute approximate surface area is 88.5 Å². The molecule has 0 aliphatic carbocycles. The minimum Gasteiger partial charge on any atom is -0.508 e. The zero-order valence-electron chi connectivity index (χ0n) is 8.44. The van der Waals surface area contributed by atoms with E-state index in [-0.39, 0.29) is 11.7 Å². The van der Waals surface area contributed by atoms with Gasteiger partial charge in [0.2, 0.25) is 5.91 Å². The molecular formula is C11H14N2O2. The van der Waals surface area contributed by atoms with Gasteiger partial charge in [0.1, 0.15) is 5.75 Å². The van der Waals surface area contributed by atoms with Crippen LogP contribution in [0.4, 0.5) is 0 Å². The van der Waals surface area contributed by atoms with Gasteiger partial charge in [-0.25, -0.2) is 0 Å². The number of amides is 1. The third kappa shape index (κ3) is 2.70. The van der Waals surface area contributed by atoms with Crippen LogP contribution in [0.25, 0.3) is 0 Å². The molecule has 0 saturated carbocycles. The van der Waals surface area contributed by atoms with Crippen molar-refractivity contribution in [2.75, 3.05) is 19.6 Å². The predicted octanol–water partition coefficient (Wildman–Crippen LogP) is 0.324. The minimum atomic E-state index is 0.130. The van der Waals surface area contributed by atoms with Gasteiger partial charge in [0.05, 0.1) is 6.54 Å². The van der Waals surface area contributed by atoms with Crippen LogP contribution in [-0.2, 0) is 11.3 Å². The van der Waals surface area contributed by atoms with Crippen molar-refractivity contribution in [2.24, 2.45) is 0 Å². The molecule has 0 atom stereocenters. The molecular weight excluding hydrogens is 192 g/mol. The van der Waals surface area contributed by atoms with Gasteiger partial charge in [-0.3, -0.25) is 4.79 Å². The van der Waals surface area contributed by atoms with Gasteiger partial charge in [-0.05, 0) is 6.07 Å². The second kappa shape index (κ2) is 4.31. The van der Waals surface area contributed by atoms with E-state index >= 15 is 0 Å². The van der Waals surface area contributed by atoms with Gasteiger partial charge < -0.3 is 15.3 Å². The summed E-state index contributed by atoms with van der Waals surface area (Å²) >= 11 is 0. The number of hydrogen-bond acceptors (Lipinski definition) is 3. The second-order valence-corrected chi connectivity index (χ2v) is 3.61. The molecule has 2 rings (SSSR count). The van der Waals surface area contributed by atoms with Gasteiger partial charge in [0.15, 0.2) is 0 Å². The van der Waals surface area contributed by atoms with Crippen molar-refractivity contribution in [3.8, 4) is 5.75 Å². The van der Waals surface area contributed by atoms with Crippen LogP contribution in [0.1, 0.15) is 5.56 Å². The monoisotopic (exact) mass is 206 g/mol. The summed E-state index contributed by atoms with van der Waals surface area (Å²) in [6, 6.07) is 7.12. The van der Waals surface area contributed by atoms with Gasteiger partial charge in [-0.15, -0.1) is 0 Å². The van der Waals surface area contributed by atoms with Crippen molar-refractivity contribution >= 4 is 5.91 Å². The molecule has 0 spiro atoms. The molecule has 4 heteroatoms. The van der Waals surface area contributed by atoms with Crippen molar-refractivity contribution in [2.45, 2.75) is 6.54 Å². The summed E-state index contributed by atoms with van der Waals surface area (Å²) in [5.74, 6) is 0.398. The van der Waals surface area contributed by atoms with Gasteiger partial charge in [-0.2, -0.15) is 0 Å². The number of rotatable bonds is 4. The van der Waals surface area contributed by atoms with Gasteiger partial charge in [0.25, 0.3) is 0 Å². The Bertz CT molecular complexity index is 361. The Morgan fingerprint density at radius 1 is 1.40 bits per heavy atom. The summed E-state index contributed by atoms with van der Waals surface area (Å²) in [4.78, 5) is 13.1. The van der Waals surface area contributed by atoms with E-state index in [0.29, 0.717) is 13.1 Å². The van der Waals surface area contributed by atoms with E-state index in [0.717, 1.165) is 18.7 Å². The lowest BCUT2D eigenvalue weighted by molar-refractivity contribution is -0.124. The van der Waals surface area contributed by atoms with Crippen molar-refractivity contribution in [1.82, 2.24) is 10.2 Å². The second-order valence-electron chi connectivity index (χ2n) is 3.61. The van der Waals surface area contributed by atoms with E-state index in [4.69, 9.17) is 0 Å². The van der Waals surface area contributed by atoms with E-state index in [1.165, 1.54) is 0 Å². The number of hydrogen-bond donors (Lipinski definition) is 2. The maximum Gasteiger partial charge on any atom is 0.236 e. The fourth-order valence-corrected chi connectivity index (χ4v) is 1.38. The molecule has 1 aliphatic heterocycles. The number of phenolic OH excluding ortho intramolecular Hbond substituents is 1. The quantitative estimate of drug-likeness (QED) is 0.698. The average Bonchev–Trinajstić information content (AvgIpc) is 3.04. The number of phenols is 1. The largest absolute Gasteiger partial charge is 0.508 e. The van der Waals surface area contributed by atoms with E-state index in [9.17, 15) is 9.90 Å². The normalized spacial score (nSPS) is 14.0. The molecule has 0 aromatic heterocycles. The molecule has 1 amide bonds. The smallest absolute Gasteiger partial charge is 0.236 e. The maximum absolute atomic E-state index is 11.3. The lowest BCUT2D eigenvalue weighted by Crippen LogP contribution is -2.27.